The van der Waals surface area contributed by atoms with Gasteiger partial charge >= 0.3 is 0 Å². The second kappa shape index (κ2) is 9.08. The molecule has 1 aromatic carbocycles. The highest BCUT2D eigenvalue weighted by atomic mass is 79.9. The summed E-state index contributed by atoms with van der Waals surface area (Å²) in [5, 5.41) is 0. The van der Waals surface area contributed by atoms with Gasteiger partial charge in [0.1, 0.15) is 5.75 Å². The van der Waals surface area contributed by atoms with Gasteiger partial charge in [0, 0.05) is 42.3 Å². The van der Waals surface area contributed by atoms with Crippen molar-refractivity contribution in [3.8, 4) is 5.75 Å². The number of ether oxygens (including phenoxy) is 1. The summed E-state index contributed by atoms with van der Waals surface area (Å²) in [5.74, 6) is 0.871. The minimum Gasteiger partial charge on any atom is -0.493 e. The minimum absolute atomic E-state index is 0.0728. The summed E-state index contributed by atoms with van der Waals surface area (Å²) in [5.41, 5.74) is 0.916. The smallest absolute Gasteiger partial charge is 0.246 e. The predicted octanol–water partition coefficient (Wildman–Crippen LogP) is 3.42. The Morgan fingerprint density at radius 3 is 2.65 bits per heavy atom. The molecule has 1 saturated heterocycles. The summed E-state index contributed by atoms with van der Waals surface area (Å²) in [6.07, 6.45) is 4.66. The van der Waals surface area contributed by atoms with Crippen LogP contribution in [0.4, 0.5) is 0 Å². The Morgan fingerprint density at radius 1 is 1.26 bits per heavy atom. The van der Waals surface area contributed by atoms with Crippen LogP contribution in [0.15, 0.2) is 28.7 Å². The summed E-state index contributed by atoms with van der Waals surface area (Å²) >= 11 is 3.46. The molecule has 0 aliphatic carbocycles. The number of carbonyl (C=O) groups excluding carboxylic acids is 1. The number of hydrogen-bond acceptors (Lipinski definition) is 3. The van der Waals surface area contributed by atoms with Crippen LogP contribution in [0.25, 0.3) is 6.08 Å². The third-order valence-corrected chi connectivity index (χ3v) is 4.39. The molecule has 1 aromatic rings. The Labute approximate surface area is 147 Å². The number of carbonyl (C=O) groups is 1. The fourth-order valence-electron chi connectivity index (χ4n) is 2.71. The molecule has 4 nitrogen and oxygen atoms in total. The van der Waals surface area contributed by atoms with Gasteiger partial charge in [0.05, 0.1) is 6.61 Å². The largest absolute Gasteiger partial charge is 0.493 e. The topological polar surface area (TPSA) is 32.8 Å². The van der Waals surface area contributed by atoms with Crippen LogP contribution in [-0.4, -0.2) is 55.0 Å². The van der Waals surface area contributed by atoms with Crippen LogP contribution in [0.5, 0.6) is 5.75 Å². The van der Waals surface area contributed by atoms with E-state index in [-0.39, 0.29) is 5.91 Å². The van der Waals surface area contributed by atoms with Gasteiger partial charge in [-0.05, 0) is 44.2 Å². The first-order valence-electron chi connectivity index (χ1n) is 8.25. The lowest BCUT2D eigenvalue weighted by Crippen LogP contribution is -2.48. The molecule has 0 N–H and O–H groups in total. The Hall–Kier alpha value is -1.33. The maximum Gasteiger partial charge on any atom is 0.246 e. The molecule has 5 heteroatoms. The van der Waals surface area contributed by atoms with Gasteiger partial charge in [-0.15, -0.1) is 0 Å². The molecular formula is C18H25BrN2O2. The molecule has 1 aliphatic rings. The average Bonchev–Trinajstić information content (AvgIpc) is 2.56. The molecule has 0 saturated carbocycles. The molecule has 0 radical (unpaired) electrons. The van der Waals surface area contributed by atoms with Gasteiger partial charge in [0.25, 0.3) is 0 Å². The van der Waals surface area contributed by atoms with Crippen molar-refractivity contribution in [3.05, 3.63) is 34.3 Å². The number of piperazine rings is 1. The van der Waals surface area contributed by atoms with Crippen LogP contribution >= 0.6 is 15.9 Å². The first-order valence-corrected chi connectivity index (χ1v) is 9.05. The van der Waals surface area contributed by atoms with Crippen LogP contribution in [0.2, 0.25) is 0 Å². The second-order valence-corrected chi connectivity index (χ2v) is 6.53. The number of hydrogen-bond donors (Lipinski definition) is 0. The first kappa shape index (κ1) is 18.0. The lowest BCUT2D eigenvalue weighted by molar-refractivity contribution is -0.127. The SMILES string of the molecule is CCCN1CCN(C(=O)C=Cc2cc(Br)ccc2OCC)CC1. The van der Waals surface area contributed by atoms with Crippen LogP contribution < -0.4 is 4.74 Å². The van der Waals surface area contributed by atoms with Gasteiger partial charge in [0.2, 0.25) is 5.91 Å². The zero-order valence-electron chi connectivity index (χ0n) is 13.9. The second-order valence-electron chi connectivity index (χ2n) is 5.62. The summed E-state index contributed by atoms with van der Waals surface area (Å²) in [6, 6.07) is 5.83. The molecule has 1 fully saturated rings. The Kier molecular flexibility index (Phi) is 7.12. The zero-order chi connectivity index (χ0) is 16.7. The summed E-state index contributed by atoms with van der Waals surface area (Å²) in [7, 11) is 0. The third-order valence-electron chi connectivity index (χ3n) is 3.90. The van der Waals surface area contributed by atoms with Gasteiger partial charge in [-0.25, -0.2) is 0 Å². The molecule has 1 amide bonds. The Bertz CT molecular complexity index is 552. The molecule has 0 atom stereocenters. The van der Waals surface area contributed by atoms with E-state index in [1.54, 1.807) is 6.08 Å². The Morgan fingerprint density at radius 2 is 2.00 bits per heavy atom. The Balaban J connectivity index is 1.97. The van der Waals surface area contributed by atoms with Crippen molar-refractivity contribution in [2.45, 2.75) is 20.3 Å². The maximum atomic E-state index is 12.4. The van der Waals surface area contributed by atoms with Gasteiger partial charge in [-0.1, -0.05) is 22.9 Å². The number of amides is 1. The average molecular weight is 381 g/mol. The molecule has 126 valence electrons. The van der Waals surface area contributed by atoms with Gasteiger partial charge in [-0.3, -0.25) is 9.69 Å². The number of nitrogens with zero attached hydrogens (tertiary/aromatic N) is 2. The summed E-state index contributed by atoms with van der Waals surface area (Å²) in [6.45, 7) is 9.41. The van der Waals surface area contributed by atoms with E-state index in [0.717, 1.165) is 54.9 Å². The number of halogens is 1. The lowest BCUT2D eigenvalue weighted by atomic mass is 10.2. The summed E-state index contributed by atoms with van der Waals surface area (Å²) in [4.78, 5) is 16.7. The van der Waals surface area contributed by atoms with Crippen LogP contribution in [-0.2, 0) is 4.79 Å². The van der Waals surface area contributed by atoms with Gasteiger partial charge in [-0.2, -0.15) is 0 Å². The van der Waals surface area contributed by atoms with E-state index in [9.17, 15) is 4.79 Å². The quantitative estimate of drug-likeness (QED) is 0.708. The molecule has 0 spiro atoms. The molecular weight excluding hydrogens is 356 g/mol. The van der Waals surface area contributed by atoms with E-state index < -0.39 is 0 Å². The van der Waals surface area contributed by atoms with Crippen LogP contribution in [0.1, 0.15) is 25.8 Å². The van der Waals surface area contributed by atoms with Crippen molar-refractivity contribution < 1.29 is 9.53 Å². The molecule has 0 bridgehead atoms. The van der Waals surface area contributed by atoms with Gasteiger partial charge < -0.3 is 9.64 Å². The first-order chi connectivity index (χ1) is 11.1. The normalized spacial score (nSPS) is 16.0. The van der Waals surface area contributed by atoms with Crippen molar-refractivity contribution in [2.24, 2.45) is 0 Å². The molecule has 0 aromatic heterocycles. The number of benzene rings is 1. The van der Waals surface area contributed by atoms with Gasteiger partial charge in [0.15, 0.2) is 0 Å². The van der Waals surface area contributed by atoms with E-state index in [2.05, 4.69) is 27.8 Å². The van der Waals surface area contributed by atoms with E-state index in [0.29, 0.717) is 6.61 Å². The van der Waals surface area contributed by atoms with Crippen LogP contribution in [0.3, 0.4) is 0 Å². The zero-order valence-corrected chi connectivity index (χ0v) is 15.5. The van der Waals surface area contributed by atoms with Crippen molar-refractivity contribution in [3.63, 3.8) is 0 Å². The standard InChI is InChI=1S/C18H25BrN2O2/c1-3-9-20-10-12-21(13-11-20)18(22)8-5-15-14-16(19)6-7-17(15)23-4-2/h5-8,14H,3-4,9-13H2,1-2H3. The van der Waals surface area contributed by atoms with Crippen molar-refractivity contribution in [2.75, 3.05) is 39.3 Å². The molecule has 1 heterocycles. The van der Waals surface area contributed by atoms with Crippen LogP contribution in [0, 0.1) is 0 Å². The van der Waals surface area contributed by atoms with Crippen molar-refractivity contribution >= 4 is 27.9 Å². The van der Waals surface area contributed by atoms with E-state index in [1.165, 1.54) is 0 Å². The highest BCUT2D eigenvalue weighted by Crippen LogP contribution is 2.24. The fourth-order valence-corrected chi connectivity index (χ4v) is 3.09. The molecule has 0 unspecified atom stereocenters. The highest BCUT2D eigenvalue weighted by Gasteiger charge is 2.18. The van der Waals surface area contributed by atoms with Crippen molar-refractivity contribution in [1.29, 1.82) is 0 Å². The third kappa shape index (κ3) is 5.36. The predicted molar refractivity (Wildman–Crippen MR) is 97.7 cm³/mol. The monoisotopic (exact) mass is 380 g/mol. The molecule has 1 aliphatic heterocycles. The van der Waals surface area contributed by atoms with E-state index in [1.807, 2.05) is 36.1 Å². The highest BCUT2D eigenvalue weighted by molar-refractivity contribution is 9.10. The fraction of sp³-hybridized carbons (Fsp3) is 0.500. The van der Waals surface area contributed by atoms with Crippen molar-refractivity contribution in [1.82, 2.24) is 9.80 Å². The van der Waals surface area contributed by atoms with E-state index >= 15 is 0 Å². The summed E-state index contributed by atoms with van der Waals surface area (Å²) < 4.78 is 6.58. The molecule has 2 rings (SSSR count). The van der Waals surface area contributed by atoms with E-state index in [4.69, 9.17) is 4.74 Å². The number of rotatable bonds is 6. The molecule has 23 heavy (non-hydrogen) atoms. The lowest BCUT2D eigenvalue weighted by Gasteiger charge is -2.34. The maximum absolute atomic E-state index is 12.4. The minimum atomic E-state index is 0.0728.